The molecule has 7 nitrogen and oxygen atoms in total. The summed E-state index contributed by atoms with van der Waals surface area (Å²) in [7, 11) is 1.31. The maximum absolute atomic E-state index is 12.3. The summed E-state index contributed by atoms with van der Waals surface area (Å²) in [5.41, 5.74) is 4.37. The molecule has 7 heteroatoms. The molecule has 3 aromatic rings. The van der Waals surface area contributed by atoms with Crippen molar-refractivity contribution in [1.82, 2.24) is 10.2 Å². The molecule has 1 aromatic heterocycles. The molecule has 2 N–H and O–H groups in total. The van der Waals surface area contributed by atoms with Gasteiger partial charge in [0.1, 0.15) is 0 Å². The van der Waals surface area contributed by atoms with E-state index in [2.05, 4.69) is 25.6 Å². The number of nitrogens with zero attached hydrogens (tertiary/aromatic N) is 2. The Labute approximate surface area is 162 Å². The van der Waals surface area contributed by atoms with Gasteiger partial charge in [0, 0.05) is 11.4 Å². The van der Waals surface area contributed by atoms with Crippen molar-refractivity contribution >= 4 is 29.1 Å². The number of aromatic nitrogens is 2. The molecule has 28 heavy (non-hydrogen) atoms. The van der Waals surface area contributed by atoms with Gasteiger partial charge in [0.2, 0.25) is 0 Å². The number of carbonyl (C=O) groups excluding carboxylic acids is 2. The number of carbonyl (C=O) groups is 2. The largest absolute Gasteiger partial charge is 0.465 e. The lowest BCUT2D eigenvalue weighted by molar-refractivity contribution is 0.0600. The van der Waals surface area contributed by atoms with Crippen molar-refractivity contribution in [3.63, 3.8) is 0 Å². The molecule has 3 rings (SSSR count). The highest BCUT2D eigenvalue weighted by Crippen LogP contribution is 2.21. The molecule has 0 unspecified atom stereocenters. The monoisotopic (exact) mass is 376 g/mol. The van der Waals surface area contributed by atoms with Gasteiger partial charge in [-0.2, -0.15) is 0 Å². The highest BCUT2D eigenvalue weighted by atomic mass is 16.5. The van der Waals surface area contributed by atoms with Crippen molar-refractivity contribution in [3.8, 4) is 0 Å². The minimum Gasteiger partial charge on any atom is -0.465 e. The molecule has 0 aliphatic heterocycles. The predicted molar refractivity (Wildman–Crippen MR) is 107 cm³/mol. The molecular formula is C21H20N4O3. The standard InChI is InChI=1S/C21H20N4O3/c1-13-5-4-6-17(14(13)2)23-19-12-11-18(24-25-19)20(26)22-16-9-7-15(8-10-16)21(27)28-3/h4-12H,1-3H3,(H,22,26)(H,23,25). The smallest absolute Gasteiger partial charge is 0.337 e. The van der Waals surface area contributed by atoms with Gasteiger partial charge in [-0.1, -0.05) is 12.1 Å². The van der Waals surface area contributed by atoms with Gasteiger partial charge in [-0.25, -0.2) is 4.79 Å². The van der Waals surface area contributed by atoms with Crippen molar-refractivity contribution in [2.45, 2.75) is 13.8 Å². The van der Waals surface area contributed by atoms with Gasteiger partial charge < -0.3 is 15.4 Å². The number of esters is 1. The van der Waals surface area contributed by atoms with Crippen LogP contribution < -0.4 is 10.6 Å². The topological polar surface area (TPSA) is 93.2 Å². The first kappa shape index (κ1) is 19.0. The van der Waals surface area contributed by atoms with E-state index in [9.17, 15) is 9.59 Å². The lowest BCUT2D eigenvalue weighted by atomic mass is 10.1. The van der Waals surface area contributed by atoms with E-state index in [1.165, 1.54) is 12.7 Å². The third-order valence-corrected chi connectivity index (χ3v) is 4.33. The first-order valence-corrected chi connectivity index (χ1v) is 8.64. The summed E-state index contributed by atoms with van der Waals surface area (Å²) in [4.78, 5) is 23.8. The summed E-state index contributed by atoms with van der Waals surface area (Å²) < 4.78 is 4.64. The van der Waals surface area contributed by atoms with Gasteiger partial charge in [-0.05, 0) is 67.4 Å². The number of anilines is 3. The molecule has 1 heterocycles. The van der Waals surface area contributed by atoms with Crippen molar-refractivity contribution in [3.05, 3.63) is 77.0 Å². The van der Waals surface area contributed by atoms with Gasteiger partial charge in [0.05, 0.1) is 12.7 Å². The Morgan fingerprint density at radius 1 is 0.929 bits per heavy atom. The normalized spacial score (nSPS) is 10.2. The van der Waals surface area contributed by atoms with Gasteiger partial charge >= 0.3 is 5.97 Å². The van der Waals surface area contributed by atoms with Gasteiger partial charge in [-0.3, -0.25) is 4.79 Å². The SMILES string of the molecule is COC(=O)c1ccc(NC(=O)c2ccc(Nc3cccc(C)c3C)nn2)cc1. The van der Waals surface area contributed by atoms with Crippen LogP contribution in [0.25, 0.3) is 0 Å². The minimum atomic E-state index is -0.435. The van der Waals surface area contributed by atoms with E-state index < -0.39 is 11.9 Å². The second kappa shape index (κ2) is 8.30. The van der Waals surface area contributed by atoms with Crippen LogP contribution in [0.5, 0.6) is 0 Å². The number of aryl methyl sites for hydroxylation is 1. The fraction of sp³-hybridized carbons (Fsp3) is 0.143. The van der Waals surface area contributed by atoms with Crippen molar-refractivity contribution < 1.29 is 14.3 Å². The zero-order chi connectivity index (χ0) is 20.1. The zero-order valence-corrected chi connectivity index (χ0v) is 15.8. The van der Waals surface area contributed by atoms with E-state index in [1.54, 1.807) is 36.4 Å². The van der Waals surface area contributed by atoms with Crippen LogP contribution in [-0.2, 0) is 4.74 Å². The molecule has 0 fully saturated rings. The molecular weight excluding hydrogens is 356 g/mol. The summed E-state index contributed by atoms with van der Waals surface area (Å²) in [5, 5.41) is 14.0. The fourth-order valence-corrected chi connectivity index (χ4v) is 2.55. The Morgan fingerprint density at radius 2 is 1.68 bits per heavy atom. The highest BCUT2D eigenvalue weighted by molar-refractivity contribution is 6.03. The molecule has 1 amide bonds. The average Bonchev–Trinajstić information content (AvgIpc) is 2.72. The average molecular weight is 376 g/mol. The lowest BCUT2D eigenvalue weighted by Crippen LogP contribution is -2.14. The number of amides is 1. The first-order chi connectivity index (χ1) is 13.5. The van der Waals surface area contributed by atoms with Crippen LogP contribution in [0.4, 0.5) is 17.2 Å². The van der Waals surface area contributed by atoms with E-state index in [0.717, 1.165) is 11.3 Å². The Hall–Kier alpha value is -3.74. The van der Waals surface area contributed by atoms with Crippen LogP contribution in [0.2, 0.25) is 0 Å². The van der Waals surface area contributed by atoms with E-state index >= 15 is 0 Å². The molecule has 0 saturated heterocycles. The van der Waals surface area contributed by atoms with Crippen LogP contribution in [0, 0.1) is 13.8 Å². The number of hydrogen-bond acceptors (Lipinski definition) is 6. The number of nitrogens with one attached hydrogen (secondary N) is 2. The minimum absolute atomic E-state index is 0.184. The second-order valence-electron chi connectivity index (χ2n) is 6.20. The van der Waals surface area contributed by atoms with Gasteiger partial charge in [0.15, 0.2) is 11.5 Å². The third-order valence-electron chi connectivity index (χ3n) is 4.33. The molecule has 0 aliphatic rings. The maximum atomic E-state index is 12.3. The molecule has 0 atom stereocenters. The first-order valence-electron chi connectivity index (χ1n) is 8.64. The summed E-state index contributed by atoms with van der Waals surface area (Å²) in [6.07, 6.45) is 0. The molecule has 0 aliphatic carbocycles. The summed E-state index contributed by atoms with van der Waals surface area (Å²) in [5.74, 6) is -0.278. The number of methoxy groups -OCH3 is 1. The predicted octanol–water partition coefficient (Wildman–Crippen LogP) is 3.88. The maximum Gasteiger partial charge on any atom is 0.337 e. The third kappa shape index (κ3) is 4.32. The van der Waals surface area contributed by atoms with Gasteiger partial charge in [0.25, 0.3) is 5.91 Å². The Kier molecular flexibility index (Phi) is 5.64. The Morgan fingerprint density at radius 3 is 2.32 bits per heavy atom. The molecule has 0 bridgehead atoms. The van der Waals surface area contributed by atoms with Crippen molar-refractivity contribution in [2.75, 3.05) is 17.7 Å². The highest BCUT2D eigenvalue weighted by Gasteiger charge is 2.11. The number of rotatable bonds is 5. The van der Waals surface area contributed by atoms with E-state index in [4.69, 9.17) is 0 Å². The summed E-state index contributed by atoms with van der Waals surface area (Å²) in [6, 6.07) is 15.6. The Bertz CT molecular complexity index is 999. The molecule has 142 valence electrons. The van der Waals surface area contributed by atoms with Crippen LogP contribution in [0.15, 0.2) is 54.6 Å². The molecule has 0 spiro atoms. The van der Waals surface area contributed by atoms with Crippen LogP contribution in [0.3, 0.4) is 0 Å². The molecule has 0 radical (unpaired) electrons. The zero-order valence-electron chi connectivity index (χ0n) is 15.8. The van der Waals surface area contributed by atoms with Crippen LogP contribution >= 0.6 is 0 Å². The number of benzene rings is 2. The molecule has 2 aromatic carbocycles. The quantitative estimate of drug-likeness (QED) is 0.657. The van der Waals surface area contributed by atoms with Crippen LogP contribution in [-0.4, -0.2) is 29.2 Å². The lowest BCUT2D eigenvalue weighted by Gasteiger charge is -2.10. The van der Waals surface area contributed by atoms with E-state index in [0.29, 0.717) is 17.1 Å². The van der Waals surface area contributed by atoms with Crippen molar-refractivity contribution in [1.29, 1.82) is 0 Å². The van der Waals surface area contributed by atoms with Gasteiger partial charge in [-0.15, -0.1) is 10.2 Å². The van der Waals surface area contributed by atoms with Crippen LogP contribution in [0.1, 0.15) is 32.0 Å². The second-order valence-corrected chi connectivity index (χ2v) is 6.20. The Balaban J connectivity index is 1.66. The number of ether oxygens (including phenoxy) is 1. The summed E-state index contributed by atoms with van der Waals surface area (Å²) in [6.45, 7) is 4.07. The number of hydrogen-bond donors (Lipinski definition) is 2. The fourth-order valence-electron chi connectivity index (χ4n) is 2.55. The summed E-state index contributed by atoms with van der Waals surface area (Å²) >= 11 is 0. The molecule has 0 saturated carbocycles. The van der Waals surface area contributed by atoms with E-state index in [-0.39, 0.29) is 5.69 Å². The van der Waals surface area contributed by atoms with E-state index in [1.807, 2.05) is 32.0 Å². The van der Waals surface area contributed by atoms with Crippen molar-refractivity contribution in [2.24, 2.45) is 0 Å².